The zero-order valence-electron chi connectivity index (χ0n) is 13.9. The van der Waals surface area contributed by atoms with Gasteiger partial charge in [0.05, 0.1) is 7.11 Å². The van der Waals surface area contributed by atoms with Gasteiger partial charge in [0.25, 0.3) is 0 Å². The molecule has 0 spiro atoms. The Morgan fingerprint density at radius 1 is 1.36 bits per heavy atom. The molecule has 1 N–H and O–H groups in total. The van der Waals surface area contributed by atoms with Crippen molar-refractivity contribution in [2.75, 3.05) is 27.2 Å². The molecular formula is C16H25ClN2O3. The molecule has 0 aliphatic carbocycles. The lowest BCUT2D eigenvalue weighted by atomic mass is 10.2. The van der Waals surface area contributed by atoms with Crippen molar-refractivity contribution < 1.29 is 14.3 Å². The summed E-state index contributed by atoms with van der Waals surface area (Å²) in [6.07, 6.45) is -0.402. The molecule has 1 aromatic rings. The Morgan fingerprint density at radius 2 is 2.05 bits per heavy atom. The third-order valence-corrected chi connectivity index (χ3v) is 3.08. The maximum Gasteiger partial charge on any atom is 0.407 e. The Hall–Kier alpha value is -1.46. The highest BCUT2D eigenvalue weighted by molar-refractivity contribution is 6.30. The van der Waals surface area contributed by atoms with Gasteiger partial charge in [-0.25, -0.2) is 4.79 Å². The molecule has 0 aliphatic heterocycles. The Bertz CT molecular complexity index is 501. The summed E-state index contributed by atoms with van der Waals surface area (Å²) < 4.78 is 10.5. The normalized spacial score (nSPS) is 11.4. The summed E-state index contributed by atoms with van der Waals surface area (Å²) in [6, 6.07) is 5.54. The van der Waals surface area contributed by atoms with Crippen LogP contribution in [0.2, 0.25) is 5.02 Å². The number of nitrogens with one attached hydrogen (secondary N) is 1. The highest BCUT2D eigenvalue weighted by atomic mass is 35.5. The van der Waals surface area contributed by atoms with Crippen LogP contribution in [0.1, 0.15) is 26.3 Å². The van der Waals surface area contributed by atoms with Crippen LogP contribution < -0.4 is 10.1 Å². The van der Waals surface area contributed by atoms with Crippen LogP contribution >= 0.6 is 11.6 Å². The third kappa shape index (κ3) is 7.00. The lowest BCUT2D eigenvalue weighted by Crippen LogP contribution is -2.36. The number of halogens is 1. The monoisotopic (exact) mass is 328 g/mol. The van der Waals surface area contributed by atoms with Crippen molar-refractivity contribution in [3.8, 4) is 5.75 Å². The van der Waals surface area contributed by atoms with Gasteiger partial charge < -0.3 is 19.7 Å². The molecule has 0 aromatic heterocycles. The zero-order valence-corrected chi connectivity index (χ0v) is 14.7. The van der Waals surface area contributed by atoms with Crippen molar-refractivity contribution in [2.24, 2.45) is 0 Å². The minimum Gasteiger partial charge on any atom is -0.496 e. The van der Waals surface area contributed by atoms with E-state index in [4.69, 9.17) is 21.1 Å². The average Bonchev–Trinajstić information content (AvgIpc) is 2.36. The van der Waals surface area contributed by atoms with Gasteiger partial charge in [-0.3, -0.25) is 0 Å². The van der Waals surface area contributed by atoms with Crippen molar-refractivity contribution in [1.29, 1.82) is 0 Å². The topological polar surface area (TPSA) is 50.8 Å². The molecule has 0 atom stereocenters. The number of nitrogens with zero attached hydrogens (tertiary/aromatic N) is 1. The molecule has 0 unspecified atom stereocenters. The number of alkyl carbamates (subject to hydrolysis) is 1. The molecule has 0 aliphatic rings. The SMILES string of the molecule is COc1ccc(Cl)cc1CN(C)CCNC(=O)OC(C)(C)C. The first-order chi connectivity index (χ1) is 10.2. The summed E-state index contributed by atoms with van der Waals surface area (Å²) in [7, 11) is 3.61. The van der Waals surface area contributed by atoms with E-state index in [9.17, 15) is 4.79 Å². The van der Waals surface area contributed by atoms with Crippen molar-refractivity contribution in [3.63, 3.8) is 0 Å². The lowest BCUT2D eigenvalue weighted by Gasteiger charge is -2.21. The summed E-state index contributed by atoms with van der Waals surface area (Å²) in [6.45, 7) is 7.39. The van der Waals surface area contributed by atoms with Crippen LogP contribution in [-0.4, -0.2) is 43.8 Å². The third-order valence-electron chi connectivity index (χ3n) is 2.84. The maximum atomic E-state index is 11.6. The van der Waals surface area contributed by atoms with Crippen LogP contribution in [0.4, 0.5) is 4.79 Å². The molecule has 0 heterocycles. The number of carbonyl (C=O) groups excluding carboxylic acids is 1. The molecule has 0 radical (unpaired) electrons. The van der Waals surface area contributed by atoms with Gasteiger partial charge >= 0.3 is 6.09 Å². The number of methoxy groups -OCH3 is 1. The number of carbonyl (C=O) groups is 1. The van der Waals surface area contributed by atoms with Crippen LogP contribution in [0.5, 0.6) is 5.75 Å². The number of hydrogen-bond acceptors (Lipinski definition) is 4. The Labute approximate surface area is 137 Å². The van der Waals surface area contributed by atoms with Crippen LogP contribution in [0, 0.1) is 0 Å². The first-order valence-corrected chi connectivity index (χ1v) is 7.57. The second kappa shape index (κ2) is 8.25. The first-order valence-electron chi connectivity index (χ1n) is 7.19. The second-order valence-corrected chi connectivity index (χ2v) is 6.56. The number of ether oxygens (including phenoxy) is 2. The number of rotatable bonds is 6. The number of likely N-dealkylation sites (N-methyl/N-ethyl adjacent to an activating group) is 1. The highest BCUT2D eigenvalue weighted by Crippen LogP contribution is 2.23. The first kappa shape index (κ1) is 18.6. The van der Waals surface area contributed by atoms with Gasteiger partial charge in [0, 0.05) is 30.2 Å². The Balaban J connectivity index is 2.42. The predicted octanol–water partition coefficient (Wildman–Crippen LogP) is 3.31. The fourth-order valence-corrected chi connectivity index (χ4v) is 2.10. The Morgan fingerprint density at radius 3 is 2.64 bits per heavy atom. The van der Waals surface area contributed by atoms with E-state index < -0.39 is 11.7 Å². The van der Waals surface area contributed by atoms with Gasteiger partial charge in [-0.15, -0.1) is 0 Å². The lowest BCUT2D eigenvalue weighted by molar-refractivity contribution is 0.0523. The van der Waals surface area contributed by atoms with Crippen molar-refractivity contribution in [2.45, 2.75) is 32.9 Å². The fourth-order valence-electron chi connectivity index (χ4n) is 1.90. The van der Waals surface area contributed by atoms with Crippen molar-refractivity contribution in [1.82, 2.24) is 10.2 Å². The molecule has 0 fully saturated rings. The summed E-state index contributed by atoms with van der Waals surface area (Å²) in [5, 5.41) is 3.41. The van der Waals surface area contributed by atoms with Crippen molar-refractivity contribution in [3.05, 3.63) is 28.8 Å². The van der Waals surface area contributed by atoms with Gasteiger partial charge in [-0.1, -0.05) is 11.6 Å². The van der Waals surface area contributed by atoms with Gasteiger partial charge in [0.1, 0.15) is 11.4 Å². The Kier molecular flexibility index (Phi) is 6.97. The van der Waals surface area contributed by atoms with E-state index in [1.807, 2.05) is 40.0 Å². The van der Waals surface area contributed by atoms with Gasteiger partial charge in [-0.2, -0.15) is 0 Å². The van der Waals surface area contributed by atoms with Crippen LogP contribution in [-0.2, 0) is 11.3 Å². The average molecular weight is 329 g/mol. The molecule has 5 nitrogen and oxygen atoms in total. The molecule has 1 aromatic carbocycles. The number of benzene rings is 1. The van der Waals surface area contributed by atoms with E-state index in [0.717, 1.165) is 11.3 Å². The molecule has 0 saturated carbocycles. The highest BCUT2D eigenvalue weighted by Gasteiger charge is 2.15. The number of amides is 1. The van der Waals surface area contributed by atoms with Crippen molar-refractivity contribution >= 4 is 17.7 Å². The standard InChI is InChI=1S/C16H25ClN2O3/c1-16(2,3)22-15(20)18-8-9-19(4)11-12-10-13(17)6-7-14(12)21-5/h6-7,10H,8-9,11H2,1-5H3,(H,18,20). The molecular weight excluding hydrogens is 304 g/mol. The van der Waals surface area contributed by atoms with E-state index in [1.165, 1.54) is 0 Å². The second-order valence-electron chi connectivity index (χ2n) is 6.12. The van der Waals surface area contributed by atoms with Crippen LogP contribution in [0.25, 0.3) is 0 Å². The zero-order chi connectivity index (χ0) is 16.8. The summed E-state index contributed by atoms with van der Waals surface area (Å²) >= 11 is 6.02. The molecule has 0 bridgehead atoms. The summed E-state index contributed by atoms with van der Waals surface area (Å²) in [5.74, 6) is 0.802. The predicted molar refractivity (Wildman–Crippen MR) is 88.6 cm³/mol. The smallest absolute Gasteiger partial charge is 0.407 e. The minimum atomic E-state index is -0.482. The summed E-state index contributed by atoms with van der Waals surface area (Å²) in [4.78, 5) is 13.6. The van der Waals surface area contributed by atoms with Crippen LogP contribution in [0.15, 0.2) is 18.2 Å². The minimum absolute atomic E-state index is 0.402. The quantitative estimate of drug-likeness (QED) is 0.870. The maximum absolute atomic E-state index is 11.6. The molecule has 1 amide bonds. The van der Waals surface area contributed by atoms with E-state index in [1.54, 1.807) is 13.2 Å². The van der Waals surface area contributed by atoms with Gasteiger partial charge in [-0.05, 0) is 46.0 Å². The molecule has 6 heteroatoms. The van der Waals surface area contributed by atoms with E-state index in [2.05, 4.69) is 10.2 Å². The number of hydrogen-bond donors (Lipinski definition) is 1. The van der Waals surface area contributed by atoms with Crippen LogP contribution in [0.3, 0.4) is 0 Å². The van der Waals surface area contributed by atoms with E-state index in [0.29, 0.717) is 24.7 Å². The molecule has 124 valence electrons. The molecule has 1 rings (SSSR count). The molecule has 0 saturated heterocycles. The fraction of sp³-hybridized carbons (Fsp3) is 0.562. The van der Waals surface area contributed by atoms with E-state index >= 15 is 0 Å². The van der Waals surface area contributed by atoms with Gasteiger partial charge in [0.15, 0.2) is 0 Å². The summed E-state index contributed by atoms with van der Waals surface area (Å²) in [5.41, 5.74) is 0.527. The van der Waals surface area contributed by atoms with E-state index in [-0.39, 0.29) is 0 Å². The molecule has 22 heavy (non-hydrogen) atoms. The van der Waals surface area contributed by atoms with Gasteiger partial charge in [0.2, 0.25) is 0 Å². The largest absolute Gasteiger partial charge is 0.496 e.